The van der Waals surface area contributed by atoms with Crippen LogP contribution in [-0.4, -0.2) is 4.92 Å². The molecular formula is C8H9BrN2O3. The van der Waals surface area contributed by atoms with Crippen LogP contribution < -0.4 is 5.90 Å². The molecule has 1 atom stereocenters. The molecule has 14 heavy (non-hydrogen) atoms. The van der Waals surface area contributed by atoms with Crippen LogP contribution >= 0.6 is 15.9 Å². The van der Waals surface area contributed by atoms with Crippen molar-refractivity contribution in [2.75, 3.05) is 0 Å². The monoisotopic (exact) mass is 260 g/mol. The zero-order valence-corrected chi connectivity index (χ0v) is 9.02. The molecule has 0 aliphatic rings. The van der Waals surface area contributed by atoms with Gasteiger partial charge in [-0.25, -0.2) is 5.90 Å². The van der Waals surface area contributed by atoms with Crippen molar-refractivity contribution in [1.29, 1.82) is 0 Å². The number of hydrogen-bond donors (Lipinski definition) is 1. The average Bonchev–Trinajstić information content (AvgIpc) is 2.16. The molecule has 0 aliphatic carbocycles. The lowest BCUT2D eigenvalue weighted by molar-refractivity contribution is -0.385. The van der Waals surface area contributed by atoms with Crippen LogP contribution in [0.15, 0.2) is 22.7 Å². The van der Waals surface area contributed by atoms with Crippen molar-refractivity contribution in [2.24, 2.45) is 5.90 Å². The van der Waals surface area contributed by atoms with Crippen LogP contribution in [-0.2, 0) is 4.84 Å². The Morgan fingerprint density at radius 3 is 2.79 bits per heavy atom. The van der Waals surface area contributed by atoms with E-state index in [4.69, 9.17) is 5.90 Å². The van der Waals surface area contributed by atoms with Crippen molar-refractivity contribution >= 4 is 21.6 Å². The summed E-state index contributed by atoms with van der Waals surface area (Å²) in [6.07, 6.45) is -0.385. The van der Waals surface area contributed by atoms with Crippen molar-refractivity contribution in [3.8, 4) is 0 Å². The summed E-state index contributed by atoms with van der Waals surface area (Å²) >= 11 is 3.15. The second kappa shape index (κ2) is 4.50. The molecule has 0 saturated carbocycles. The van der Waals surface area contributed by atoms with Crippen molar-refractivity contribution in [3.05, 3.63) is 38.3 Å². The maximum atomic E-state index is 10.6. The number of nitrogens with zero attached hydrogens (tertiary/aromatic N) is 1. The summed E-state index contributed by atoms with van der Waals surface area (Å²) in [6, 6.07) is 4.72. The van der Waals surface area contributed by atoms with E-state index in [9.17, 15) is 10.1 Å². The Balaban J connectivity index is 3.20. The average molecular weight is 261 g/mol. The highest BCUT2D eigenvalue weighted by molar-refractivity contribution is 9.10. The molecule has 76 valence electrons. The van der Waals surface area contributed by atoms with Crippen LogP contribution in [0.4, 0.5) is 5.69 Å². The Bertz CT molecular complexity index is 356. The van der Waals surface area contributed by atoms with E-state index in [1.165, 1.54) is 6.07 Å². The van der Waals surface area contributed by atoms with Gasteiger partial charge in [-0.1, -0.05) is 12.1 Å². The first kappa shape index (κ1) is 11.1. The molecule has 6 heteroatoms. The summed E-state index contributed by atoms with van der Waals surface area (Å²) in [5.74, 6) is 5.01. The highest BCUT2D eigenvalue weighted by atomic mass is 79.9. The third-order valence-electron chi connectivity index (χ3n) is 1.85. The van der Waals surface area contributed by atoms with Gasteiger partial charge in [0.15, 0.2) is 0 Å². The summed E-state index contributed by atoms with van der Waals surface area (Å²) in [7, 11) is 0. The second-order valence-corrected chi connectivity index (χ2v) is 3.51. The predicted molar refractivity (Wildman–Crippen MR) is 54.5 cm³/mol. The Labute approximate surface area is 89.1 Å². The van der Waals surface area contributed by atoms with Crippen molar-refractivity contribution in [3.63, 3.8) is 0 Å². The number of nitrogens with two attached hydrogens (primary N) is 1. The first-order valence-electron chi connectivity index (χ1n) is 3.86. The van der Waals surface area contributed by atoms with Gasteiger partial charge in [0.2, 0.25) is 0 Å². The van der Waals surface area contributed by atoms with E-state index in [0.29, 0.717) is 10.0 Å². The maximum absolute atomic E-state index is 10.6. The molecule has 0 amide bonds. The zero-order chi connectivity index (χ0) is 10.7. The molecule has 2 N–H and O–H groups in total. The molecule has 1 rings (SSSR count). The Hall–Kier alpha value is -0.980. The quantitative estimate of drug-likeness (QED) is 0.668. The van der Waals surface area contributed by atoms with Gasteiger partial charge in [0.25, 0.3) is 5.69 Å². The largest absolute Gasteiger partial charge is 0.297 e. The molecule has 5 nitrogen and oxygen atoms in total. The van der Waals surface area contributed by atoms with Crippen LogP contribution in [0, 0.1) is 10.1 Å². The van der Waals surface area contributed by atoms with Gasteiger partial charge in [0.1, 0.15) is 10.6 Å². The molecule has 0 heterocycles. The van der Waals surface area contributed by atoms with Crippen LogP contribution in [0.2, 0.25) is 0 Å². The van der Waals surface area contributed by atoms with E-state index < -0.39 is 4.92 Å². The van der Waals surface area contributed by atoms with Gasteiger partial charge in [-0.3, -0.25) is 15.0 Å². The van der Waals surface area contributed by atoms with Crippen molar-refractivity contribution < 1.29 is 9.76 Å². The summed E-state index contributed by atoms with van der Waals surface area (Å²) in [6.45, 7) is 1.71. The van der Waals surface area contributed by atoms with Crippen LogP contribution in [0.5, 0.6) is 0 Å². The first-order chi connectivity index (χ1) is 6.57. The molecule has 0 aliphatic heterocycles. The molecule has 0 radical (unpaired) electrons. The van der Waals surface area contributed by atoms with E-state index in [1.54, 1.807) is 19.1 Å². The van der Waals surface area contributed by atoms with Gasteiger partial charge < -0.3 is 0 Å². The van der Waals surface area contributed by atoms with E-state index >= 15 is 0 Å². The van der Waals surface area contributed by atoms with Crippen LogP contribution in [0.25, 0.3) is 0 Å². The minimum Gasteiger partial charge on any atom is -0.297 e. The van der Waals surface area contributed by atoms with E-state index in [2.05, 4.69) is 20.8 Å². The van der Waals surface area contributed by atoms with Gasteiger partial charge >= 0.3 is 0 Å². The molecule has 0 aromatic heterocycles. The normalized spacial score (nSPS) is 12.5. The molecule has 0 bridgehead atoms. The highest BCUT2D eigenvalue weighted by Gasteiger charge is 2.18. The SMILES string of the molecule is CC(ON)c1cccc([N+](=O)[O-])c1Br. The lowest BCUT2D eigenvalue weighted by Gasteiger charge is -2.10. The Kier molecular flexibility index (Phi) is 3.56. The minimum atomic E-state index is -0.461. The topological polar surface area (TPSA) is 78.4 Å². The predicted octanol–water partition coefficient (Wildman–Crippen LogP) is 2.31. The van der Waals surface area contributed by atoms with Crippen LogP contribution in [0.3, 0.4) is 0 Å². The number of nitro benzene ring substituents is 1. The molecule has 0 spiro atoms. The fraction of sp³-hybridized carbons (Fsp3) is 0.250. The fourth-order valence-corrected chi connectivity index (χ4v) is 1.80. The molecule has 1 aromatic carbocycles. The van der Waals surface area contributed by atoms with Crippen molar-refractivity contribution in [1.82, 2.24) is 0 Å². The number of nitro groups is 1. The Morgan fingerprint density at radius 1 is 1.64 bits per heavy atom. The molecule has 1 aromatic rings. The third kappa shape index (κ3) is 2.09. The third-order valence-corrected chi connectivity index (χ3v) is 2.71. The molecular weight excluding hydrogens is 252 g/mol. The van der Waals surface area contributed by atoms with E-state index in [-0.39, 0.29) is 11.8 Å². The first-order valence-corrected chi connectivity index (χ1v) is 4.65. The van der Waals surface area contributed by atoms with E-state index in [1.807, 2.05) is 0 Å². The summed E-state index contributed by atoms with van der Waals surface area (Å²) in [5, 5.41) is 10.6. The lowest BCUT2D eigenvalue weighted by atomic mass is 10.1. The van der Waals surface area contributed by atoms with Crippen LogP contribution in [0.1, 0.15) is 18.6 Å². The van der Waals surface area contributed by atoms with Crippen molar-refractivity contribution in [2.45, 2.75) is 13.0 Å². The smallest absolute Gasteiger partial charge is 0.283 e. The van der Waals surface area contributed by atoms with Gasteiger partial charge in [-0.05, 0) is 22.9 Å². The van der Waals surface area contributed by atoms with Gasteiger partial charge in [-0.15, -0.1) is 0 Å². The van der Waals surface area contributed by atoms with Gasteiger partial charge in [0, 0.05) is 11.6 Å². The highest BCUT2D eigenvalue weighted by Crippen LogP contribution is 2.32. The van der Waals surface area contributed by atoms with Gasteiger partial charge in [0.05, 0.1) is 4.92 Å². The lowest BCUT2D eigenvalue weighted by Crippen LogP contribution is -2.06. The Morgan fingerprint density at radius 2 is 2.29 bits per heavy atom. The molecule has 0 fully saturated rings. The summed E-state index contributed by atoms with van der Waals surface area (Å²) < 4.78 is 0.406. The standard InChI is InChI=1S/C8H9BrN2O3/c1-5(14-10)6-3-2-4-7(8(6)9)11(12)13/h2-5H,10H2,1H3. The molecule has 1 unspecified atom stereocenters. The van der Waals surface area contributed by atoms with Gasteiger partial charge in [-0.2, -0.15) is 0 Å². The zero-order valence-electron chi connectivity index (χ0n) is 7.44. The minimum absolute atomic E-state index is 0.00593. The maximum Gasteiger partial charge on any atom is 0.283 e. The number of benzene rings is 1. The number of hydrogen-bond acceptors (Lipinski definition) is 4. The number of halogens is 1. The summed E-state index contributed by atoms with van der Waals surface area (Å²) in [4.78, 5) is 14.7. The fourth-order valence-electron chi connectivity index (χ4n) is 1.07. The summed E-state index contributed by atoms with van der Waals surface area (Å²) in [5.41, 5.74) is 0.660. The number of rotatable bonds is 3. The molecule has 0 saturated heterocycles. The van der Waals surface area contributed by atoms with E-state index in [0.717, 1.165) is 0 Å². The second-order valence-electron chi connectivity index (χ2n) is 2.72.